The largest absolute Gasteiger partial charge is 0.351 e. The van der Waals surface area contributed by atoms with Crippen molar-refractivity contribution in [3.05, 3.63) is 58.6 Å². The van der Waals surface area contributed by atoms with Crippen LogP contribution < -0.4 is 5.32 Å². The number of carbonyl (C=O) groups excluding carboxylic acids is 2. The molecule has 3 aromatic rings. The summed E-state index contributed by atoms with van der Waals surface area (Å²) >= 11 is 1.66. The van der Waals surface area contributed by atoms with E-state index in [9.17, 15) is 9.59 Å². The third-order valence-electron chi connectivity index (χ3n) is 8.29. The van der Waals surface area contributed by atoms with E-state index in [0.29, 0.717) is 12.2 Å². The van der Waals surface area contributed by atoms with Gasteiger partial charge in [-0.05, 0) is 67.7 Å². The number of aryl methyl sites for hydroxylation is 1. The van der Waals surface area contributed by atoms with Gasteiger partial charge >= 0.3 is 0 Å². The Morgan fingerprint density at radius 3 is 2.68 bits per heavy atom. The smallest absolute Gasteiger partial charge is 0.272 e. The van der Waals surface area contributed by atoms with Gasteiger partial charge in [0.25, 0.3) is 5.91 Å². The molecule has 2 aromatic heterocycles. The summed E-state index contributed by atoms with van der Waals surface area (Å²) in [5.74, 6) is -0.0200. The van der Waals surface area contributed by atoms with Crippen molar-refractivity contribution in [2.24, 2.45) is 0 Å². The van der Waals surface area contributed by atoms with Gasteiger partial charge in [-0.3, -0.25) is 9.59 Å². The summed E-state index contributed by atoms with van der Waals surface area (Å²) in [4.78, 5) is 30.2. The van der Waals surface area contributed by atoms with Crippen LogP contribution in [-0.2, 0) is 17.8 Å². The molecule has 178 valence electrons. The van der Waals surface area contributed by atoms with Gasteiger partial charge in [0, 0.05) is 6.04 Å². The molecule has 0 spiro atoms. The van der Waals surface area contributed by atoms with E-state index in [1.807, 2.05) is 17.9 Å². The first kappa shape index (κ1) is 21.9. The molecule has 0 bridgehead atoms. The van der Waals surface area contributed by atoms with Gasteiger partial charge in [0.05, 0.1) is 22.8 Å². The van der Waals surface area contributed by atoms with Gasteiger partial charge in [-0.1, -0.05) is 49.9 Å². The van der Waals surface area contributed by atoms with E-state index >= 15 is 0 Å². The zero-order valence-electron chi connectivity index (χ0n) is 19.9. The molecule has 1 aliphatic heterocycles. The Morgan fingerprint density at radius 1 is 1.06 bits per heavy atom. The summed E-state index contributed by atoms with van der Waals surface area (Å²) < 4.78 is 3.20. The number of rotatable bonds is 3. The molecule has 1 fully saturated rings. The van der Waals surface area contributed by atoms with E-state index in [0.717, 1.165) is 55.2 Å². The summed E-state index contributed by atoms with van der Waals surface area (Å²) in [5.41, 5.74) is 3.34. The van der Waals surface area contributed by atoms with E-state index in [-0.39, 0.29) is 23.9 Å². The standard InChI is InChI=1S/C28H33N3O2S/c1-28(27(33)29-20-11-4-2-3-5-12-20)18-30-23-15-16-34-25(23)17-24(30)26(32)31(28)22-14-8-10-19-9-6-7-13-21(19)22/h6-7,9,13,15-17,20,22H,2-5,8,10-12,14,18H2,1H3,(H,29,33). The van der Waals surface area contributed by atoms with Crippen molar-refractivity contribution in [1.82, 2.24) is 14.8 Å². The maximum Gasteiger partial charge on any atom is 0.272 e. The fourth-order valence-electron chi connectivity index (χ4n) is 6.48. The highest BCUT2D eigenvalue weighted by atomic mass is 32.1. The second-order valence-electron chi connectivity index (χ2n) is 10.5. The number of hydrogen-bond donors (Lipinski definition) is 1. The van der Waals surface area contributed by atoms with E-state index < -0.39 is 5.54 Å². The highest BCUT2D eigenvalue weighted by molar-refractivity contribution is 7.17. The highest BCUT2D eigenvalue weighted by Crippen LogP contribution is 2.43. The molecule has 2 atom stereocenters. The maximum atomic E-state index is 14.2. The number of nitrogens with zero attached hydrogens (tertiary/aromatic N) is 2. The number of benzene rings is 1. The fourth-order valence-corrected chi connectivity index (χ4v) is 7.31. The van der Waals surface area contributed by atoms with Crippen molar-refractivity contribution in [3.63, 3.8) is 0 Å². The molecule has 34 heavy (non-hydrogen) atoms. The van der Waals surface area contributed by atoms with Gasteiger partial charge in [0.2, 0.25) is 5.91 Å². The minimum atomic E-state index is -0.945. The van der Waals surface area contributed by atoms with Crippen molar-refractivity contribution in [1.29, 1.82) is 0 Å². The van der Waals surface area contributed by atoms with E-state index in [2.05, 4.69) is 45.6 Å². The Kier molecular flexibility index (Phi) is 5.51. The average Bonchev–Trinajstić information content (AvgIpc) is 3.34. The molecule has 6 rings (SSSR count). The predicted molar refractivity (Wildman–Crippen MR) is 136 cm³/mol. The van der Waals surface area contributed by atoms with Crippen LogP contribution >= 0.6 is 11.3 Å². The van der Waals surface area contributed by atoms with Crippen LogP contribution in [0.1, 0.15) is 85.9 Å². The van der Waals surface area contributed by atoms with Gasteiger partial charge in [-0.25, -0.2) is 0 Å². The van der Waals surface area contributed by atoms with Gasteiger partial charge < -0.3 is 14.8 Å². The molecule has 1 saturated carbocycles. The van der Waals surface area contributed by atoms with Gasteiger partial charge in [0.15, 0.2) is 0 Å². The second-order valence-corrected chi connectivity index (χ2v) is 11.5. The zero-order valence-corrected chi connectivity index (χ0v) is 20.7. The third kappa shape index (κ3) is 3.49. The number of fused-ring (bicyclic) bond motifs is 4. The second kappa shape index (κ2) is 8.56. The fraction of sp³-hybridized carbons (Fsp3) is 0.500. The van der Waals surface area contributed by atoms with E-state index in [1.165, 1.54) is 24.0 Å². The molecule has 0 saturated heterocycles. The average molecular weight is 476 g/mol. The Labute approximate surface area is 205 Å². The molecule has 3 aliphatic rings. The van der Waals surface area contributed by atoms with Crippen molar-refractivity contribution in [2.45, 2.75) is 88.9 Å². The first-order valence-corrected chi connectivity index (χ1v) is 13.7. The maximum absolute atomic E-state index is 14.2. The lowest BCUT2D eigenvalue weighted by molar-refractivity contribution is -0.135. The van der Waals surface area contributed by atoms with E-state index in [1.54, 1.807) is 11.3 Å². The number of carbonyl (C=O) groups is 2. The molecule has 1 aromatic carbocycles. The van der Waals surface area contributed by atoms with Gasteiger partial charge in [-0.15, -0.1) is 11.3 Å². The molecule has 2 amide bonds. The number of amides is 2. The first-order valence-electron chi connectivity index (χ1n) is 12.9. The number of aromatic nitrogens is 1. The van der Waals surface area contributed by atoms with Crippen LogP contribution in [-0.4, -0.2) is 32.9 Å². The third-order valence-corrected chi connectivity index (χ3v) is 9.14. The normalized spacial score (nSPS) is 25.6. The van der Waals surface area contributed by atoms with Crippen molar-refractivity contribution < 1.29 is 9.59 Å². The molecule has 6 heteroatoms. The minimum absolute atomic E-state index is 0.00136. The van der Waals surface area contributed by atoms with Crippen LogP contribution in [0.2, 0.25) is 0 Å². The monoisotopic (exact) mass is 475 g/mol. The molecule has 0 radical (unpaired) electrons. The van der Waals surface area contributed by atoms with Crippen LogP contribution in [0.5, 0.6) is 0 Å². The summed E-state index contributed by atoms with van der Waals surface area (Å²) in [6, 6.07) is 12.7. The van der Waals surface area contributed by atoms with Crippen molar-refractivity contribution in [2.75, 3.05) is 0 Å². The number of hydrogen-bond acceptors (Lipinski definition) is 3. The van der Waals surface area contributed by atoms with Gasteiger partial charge in [-0.2, -0.15) is 0 Å². The summed E-state index contributed by atoms with van der Waals surface area (Å²) in [6.07, 6.45) is 9.84. The Balaban J connectivity index is 1.44. The Bertz CT molecular complexity index is 1240. The van der Waals surface area contributed by atoms with Crippen molar-refractivity contribution in [3.8, 4) is 0 Å². The first-order chi connectivity index (χ1) is 16.6. The molecule has 3 heterocycles. The topological polar surface area (TPSA) is 54.3 Å². The minimum Gasteiger partial charge on any atom is -0.351 e. The summed E-state index contributed by atoms with van der Waals surface area (Å²) in [6.45, 7) is 2.49. The molecule has 2 aliphatic carbocycles. The highest BCUT2D eigenvalue weighted by Gasteiger charge is 2.51. The quantitative estimate of drug-likeness (QED) is 0.484. The Morgan fingerprint density at radius 2 is 1.85 bits per heavy atom. The lowest BCUT2D eigenvalue weighted by Gasteiger charge is -2.49. The summed E-state index contributed by atoms with van der Waals surface area (Å²) in [5, 5.41) is 5.47. The lowest BCUT2D eigenvalue weighted by Crippen LogP contribution is -2.65. The predicted octanol–water partition coefficient (Wildman–Crippen LogP) is 5.83. The molecular weight excluding hydrogens is 442 g/mol. The lowest BCUT2D eigenvalue weighted by atomic mass is 9.82. The van der Waals surface area contributed by atoms with Gasteiger partial charge in [0.1, 0.15) is 11.2 Å². The number of thiophene rings is 1. The molecular formula is C28H33N3O2S. The number of nitrogens with one attached hydrogen (secondary N) is 1. The van der Waals surface area contributed by atoms with E-state index in [4.69, 9.17) is 0 Å². The van der Waals surface area contributed by atoms with Crippen LogP contribution in [0.3, 0.4) is 0 Å². The molecule has 2 unspecified atom stereocenters. The summed E-state index contributed by atoms with van der Waals surface area (Å²) in [7, 11) is 0. The zero-order chi connectivity index (χ0) is 23.3. The molecule has 5 nitrogen and oxygen atoms in total. The SMILES string of the molecule is CC1(C(=O)NC2CCCCCC2)Cn2c(cc3sccc32)C(=O)N1C1CCCc2ccccc21. The molecule has 1 N–H and O–H groups in total. The Hall–Kier alpha value is -2.60. The van der Waals surface area contributed by atoms with Crippen LogP contribution in [0.25, 0.3) is 10.2 Å². The van der Waals surface area contributed by atoms with Crippen LogP contribution in [0.4, 0.5) is 0 Å². The van der Waals surface area contributed by atoms with Crippen LogP contribution in [0, 0.1) is 0 Å². The van der Waals surface area contributed by atoms with Crippen molar-refractivity contribution >= 4 is 33.4 Å². The van der Waals surface area contributed by atoms with Crippen LogP contribution in [0.15, 0.2) is 41.8 Å².